The molecule has 2 aromatic rings. The Bertz CT molecular complexity index is 1430. The SMILES string of the molecule is CCC12OC(=O)/C=C\C(=O)OC3(OC(=O)/C=C\C(=O)Oc4cccc1c43)N2C1CCN(Cc2ccccc2)CC1. The third-order valence-corrected chi connectivity index (χ3v) is 7.79. The molecule has 206 valence electrons. The Kier molecular flexibility index (Phi) is 6.52. The lowest BCUT2D eigenvalue weighted by Crippen LogP contribution is -2.62. The van der Waals surface area contributed by atoms with Crippen LogP contribution in [0.2, 0.25) is 0 Å². The molecule has 2 aromatic carbocycles. The number of hydrogen-bond donors (Lipinski definition) is 0. The van der Waals surface area contributed by atoms with Gasteiger partial charge in [-0.05, 0) is 37.6 Å². The lowest BCUT2D eigenvalue weighted by Gasteiger charge is -2.49. The van der Waals surface area contributed by atoms with Gasteiger partial charge in [0.25, 0.3) is 0 Å². The molecule has 0 amide bonds. The summed E-state index contributed by atoms with van der Waals surface area (Å²) < 4.78 is 23.8. The molecule has 4 aliphatic rings. The van der Waals surface area contributed by atoms with E-state index in [4.69, 9.17) is 18.9 Å². The Morgan fingerprint density at radius 1 is 0.775 bits per heavy atom. The summed E-state index contributed by atoms with van der Waals surface area (Å²) in [5.74, 6) is -5.51. The van der Waals surface area contributed by atoms with Crippen molar-refractivity contribution in [2.75, 3.05) is 13.1 Å². The van der Waals surface area contributed by atoms with Crippen molar-refractivity contribution in [1.29, 1.82) is 0 Å². The molecule has 4 aliphatic heterocycles. The van der Waals surface area contributed by atoms with E-state index < -0.39 is 35.5 Å². The van der Waals surface area contributed by atoms with Gasteiger partial charge in [0, 0.05) is 48.9 Å². The molecule has 0 saturated carbocycles. The van der Waals surface area contributed by atoms with Gasteiger partial charge < -0.3 is 18.9 Å². The number of nitrogens with zero attached hydrogens (tertiary/aromatic N) is 2. The average Bonchev–Trinajstić information content (AvgIpc) is 3.21. The number of esters is 4. The molecule has 10 heteroatoms. The van der Waals surface area contributed by atoms with Gasteiger partial charge >= 0.3 is 29.8 Å². The lowest BCUT2D eigenvalue weighted by atomic mass is 9.95. The van der Waals surface area contributed by atoms with Gasteiger partial charge in [0.2, 0.25) is 0 Å². The predicted octanol–water partition coefficient (Wildman–Crippen LogP) is 3.01. The number of carbonyl (C=O) groups excluding carboxylic acids is 4. The molecule has 0 aliphatic carbocycles. The summed E-state index contributed by atoms with van der Waals surface area (Å²) in [4.78, 5) is 55.7. The van der Waals surface area contributed by atoms with E-state index in [1.54, 1.807) is 17.0 Å². The molecule has 2 bridgehead atoms. The molecule has 1 fully saturated rings. The highest BCUT2D eigenvalue weighted by molar-refractivity contribution is 5.95. The molecule has 2 unspecified atom stereocenters. The second kappa shape index (κ2) is 10.0. The smallest absolute Gasteiger partial charge is 0.357 e. The number of benzene rings is 2. The van der Waals surface area contributed by atoms with Gasteiger partial charge in [-0.3, -0.25) is 4.90 Å². The summed E-state index contributed by atoms with van der Waals surface area (Å²) in [5.41, 5.74) is 0.264. The van der Waals surface area contributed by atoms with E-state index in [1.165, 1.54) is 11.6 Å². The molecule has 40 heavy (non-hydrogen) atoms. The summed E-state index contributed by atoms with van der Waals surface area (Å²) in [6, 6.07) is 14.7. The maximum absolute atomic E-state index is 13.1. The van der Waals surface area contributed by atoms with Crippen molar-refractivity contribution in [3.05, 3.63) is 89.5 Å². The van der Waals surface area contributed by atoms with Crippen LogP contribution in [-0.2, 0) is 51.6 Å². The first-order valence-corrected chi connectivity index (χ1v) is 13.3. The molecule has 0 aromatic heterocycles. The largest absolute Gasteiger partial charge is 0.436 e. The van der Waals surface area contributed by atoms with Gasteiger partial charge in [-0.15, -0.1) is 0 Å². The zero-order chi connectivity index (χ0) is 27.9. The summed E-state index contributed by atoms with van der Waals surface area (Å²) in [7, 11) is 0. The molecule has 1 spiro atoms. The Balaban J connectivity index is 1.48. The first kappa shape index (κ1) is 26.0. The number of hydrogen-bond acceptors (Lipinski definition) is 10. The quantitative estimate of drug-likeness (QED) is 0.421. The van der Waals surface area contributed by atoms with E-state index in [-0.39, 0.29) is 23.8 Å². The monoisotopic (exact) mass is 544 g/mol. The van der Waals surface area contributed by atoms with Crippen LogP contribution in [0, 0.1) is 0 Å². The van der Waals surface area contributed by atoms with Crippen LogP contribution in [0.15, 0.2) is 72.8 Å². The van der Waals surface area contributed by atoms with Crippen molar-refractivity contribution in [3.8, 4) is 5.75 Å². The van der Waals surface area contributed by atoms with Crippen molar-refractivity contribution < 1.29 is 38.1 Å². The van der Waals surface area contributed by atoms with Gasteiger partial charge in [-0.2, -0.15) is 4.90 Å². The molecular weight excluding hydrogens is 516 g/mol. The number of rotatable bonds is 4. The Labute approximate surface area is 230 Å². The standard InChI is InChI=1S/C30H28N2O8/c1-2-29-22-9-6-10-23-28(22)30(39-26(35)12-11-24(33)37-23,40-27(36)14-13-25(34)38-29)32(29)21-15-17-31(18-16-21)19-20-7-4-3-5-8-20/h3-14,21H,2,15-19H2,1H3/b12-11-,14-13-. The van der Waals surface area contributed by atoms with Crippen molar-refractivity contribution in [2.45, 2.75) is 50.4 Å². The van der Waals surface area contributed by atoms with E-state index in [0.29, 0.717) is 31.5 Å². The van der Waals surface area contributed by atoms with Gasteiger partial charge in [-0.25, -0.2) is 19.2 Å². The third kappa shape index (κ3) is 4.29. The maximum atomic E-state index is 13.1. The molecule has 1 saturated heterocycles. The van der Waals surface area contributed by atoms with Gasteiger partial charge in [0.15, 0.2) is 5.72 Å². The summed E-state index contributed by atoms with van der Waals surface area (Å²) >= 11 is 0. The zero-order valence-electron chi connectivity index (χ0n) is 21.9. The van der Waals surface area contributed by atoms with E-state index in [0.717, 1.165) is 30.8 Å². The summed E-state index contributed by atoms with van der Waals surface area (Å²) in [5, 5.41) is 0. The number of fused-ring (bicyclic) bond motifs is 2. The van der Waals surface area contributed by atoms with Crippen molar-refractivity contribution in [3.63, 3.8) is 0 Å². The highest BCUT2D eigenvalue weighted by Crippen LogP contribution is 2.58. The first-order valence-electron chi connectivity index (χ1n) is 13.3. The number of likely N-dealkylation sites (tertiary alicyclic amines) is 1. The Morgan fingerprint density at radius 3 is 2.05 bits per heavy atom. The highest BCUT2D eigenvalue weighted by atomic mass is 16.8. The molecule has 6 rings (SSSR count). The van der Waals surface area contributed by atoms with E-state index in [2.05, 4.69) is 17.0 Å². The van der Waals surface area contributed by atoms with Crippen LogP contribution in [0.5, 0.6) is 5.75 Å². The number of piperidine rings is 1. The highest BCUT2D eigenvalue weighted by Gasteiger charge is 2.69. The van der Waals surface area contributed by atoms with Crippen molar-refractivity contribution >= 4 is 23.9 Å². The van der Waals surface area contributed by atoms with Crippen LogP contribution in [0.4, 0.5) is 0 Å². The van der Waals surface area contributed by atoms with E-state index >= 15 is 0 Å². The fourth-order valence-electron chi connectivity index (χ4n) is 6.18. The third-order valence-electron chi connectivity index (χ3n) is 7.79. The fourth-order valence-corrected chi connectivity index (χ4v) is 6.18. The molecular formula is C30H28N2O8. The normalized spacial score (nSPS) is 28.7. The molecule has 0 radical (unpaired) electrons. The minimum absolute atomic E-state index is 0.0390. The van der Waals surface area contributed by atoms with Crippen LogP contribution in [0.25, 0.3) is 0 Å². The van der Waals surface area contributed by atoms with Crippen LogP contribution >= 0.6 is 0 Å². The average molecular weight is 545 g/mol. The summed E-state index contributed by atoms with van der Waals surface area (Å²) in [6.45, 7) is 3.99. The molecule has 0 N–H and O–H groups in total. The predicted molar refractivity (Wildman–Crippen MR) is 139 cm³/mol. The minimum atomic E-state index is -2.16. The van der Waals surface area contributed by atoms with Gasteiger partial charge in [0.05, 0.1) is 0 Å². The topological polar surface area (TPSA) is 112 Å². The fraction of sp³-hybridized carbons (Fsp3) is 0.333. The van der Waals surface area contributed by atoms with Crippen molar-refractivity contribution in [2.24, 2.45) is 0 Å². The first-order chi connectivity index (χ1) is 19.3. The number of ether oxygens (including phenoxy) is 4. The van der Waals surface area contributed by atoms with Crippen molar-refractivity contribution in [1.82, 2.24) is 9.80 Å². The Morgan fingerprint density at radius 2 is 1.40 bits per heavy atom. The summed E-state index contributed by atoms with van der Waals surface area (Å²) in [6.07, 6.45) is 5.23. The molecule has 4 heterocycles. The molecule has 2 atom stereocenters. The van der Waals surface area contributed by atoms with Gasteiger partial charge in [-0.1, -0.05) is 49.4 Å². The zero-order valence-corrected chi connectivity index (χ0v) is 21.9. The van der Waals surface area contributed by atoms with Crippen LogP contribution in [-0.4, -0.2) is 52.8 Å². The maximum Gasteiger partial charge on any atom is 0.357 e. The van der Waals surface area contributed by atoms with Crippen LogP contribution < -0.4 is 4.74 Å². The molecule has 10 nitrogen and oxygen atoms in total. The van der Waals surface area contributed by atoms with E-state index in [1.807, 2.05) is 25.1 Å². The Hall–Kier alpha value is -4.28. The van der Waals surface area contributed by atoms with Crippen LogP contribution in [0.3, 0.4) is 0 Å². The second-order valence-electron chi connectivity index (χ2n) is 10.1. The lowest BCUT2D eigenvalue weighted by molar-refractivity contribution is -0.343. The second-order valence-corrected chi connectivity index (χ2v) is 10.1. The minimum Gasteiger partial charge on any atom is -0.436 e. The number of carbonyl (C=O) groups is 4. The van der Waals surface area contributed by atoms with E-state index in [9.17, 15) is 19.2 Å². The van der Waals surface area contributed by atoms with Gasteiger partial charge in [0.1, 0.15) is 11.3 Å². The van der Waals surface area contributed by atoms with Crippen LogP contribution in [0.1, 0.15) is 42.9 Å².